The summed E-state index contributed by atoms with van der Waals surface area (Å²) in [6.07, 6.45) is 2.14. The van der Waals surface area contributed by atoms with Crippen LogP contribution in [0.1, 0.15) is 24.3 Å². The number of nitro benzene ring substituents is 1. The molecule has 18 heavy (non-hydrogen) atoms. The molecule has 0 amide bonds. The maximum absolute atomic E-state index is 11.1. The fraction of sp³-hybridized carbons (Fsp3) is 0.500. The summed E-state index contributed by atoms with van der Waals surface area (Å²) in [6, 6.07) is 3.48. The molecule has 1 atom stereocenters. The molecule has 96 valence electrons. The maximum atomic E-state index is 11.1. The monoisotopic (exact) mass is 250 g/mol. The lowest BCUT2D eigenvalue weighted by molar-refractivity contribution is -0.385. The van der Waals surface area contributed by atoms with Crippen LogP contribution in [0, 0.1) is 10.1 Å². The van der Waals surface area contributed by atoms with Gasteiger partial charge in [-0.25, -0.2) is 0 Å². The first-order valence-corrected chi connectivity index (χ1v) is 6.04. The van der Waals surface area contributed by atoms with Gasteiger partial charge in [0.15, 0.2) is 5.75 Å². The van der Waals surface area contributed by atoms with E-state index >= 15 is 0 Å². The zero-order valence-electron chi connectivity index (χ0n) is 9.85. The highest BCUT2D eigenvalue weighted by Crippen LogP contribution is 2.43. The predicted molar refractivity (Wildman–Crippen MR) is 64.1 cm³/mol. The second-order valence-corrected chi connectivity index (χ2v) is 4.57. The Labute approximate surface area is 104 Å². The topological polar surface area (TPSA) is 73.6 Å². The lowest BCUT2D eigenvalue weighted by Crippen LogP contribution is -2.28. The number of piperidine rings is 1. The number of nitrogens with zero attached hydrogens (tertiary/aromatic N) is 1. The first kappa shape index (κ1) is 11.3. The molecular formula is C12H14N2O4. The van der Waals surface area contributed by atoms with Crippen molar-refractivity contribution in [3.63, 3.8) is 0 Å². The highest BCUT2D eigenvalue weighted by atomic mass is 16.7. The van der Waals surface area contributed by atoms with Crippen molar-refractivity contribution < 1.29 is 14.4 Å². The van der Waals surface area contributed by atoms with Crippen LogP contribution in [-0.2, 0) is 0 Å². The third kappa shape index (κ3) is 1.88. The average molecular weight is 250 g/mol. The summed E-state index contributed by atoms with van der Waals surface area (Å²) in [5.74, 6) is 1.06. The molecule has 2 aliphatic heterocycles. The van der Waals surface area contributed by atoms with Crippen LogP contribution in [0.2, 0.25) is 0 Å². The Morgan fingerprint density at radius 3 is 3.00 bits per heavy atom. The standard InChI is InChI=1S/C12H14N2O4/c15-14(16)10-4-9(8-2-1-3-13-6-8)5-11-12(10)18-7-17-11/h4-5,8,13H,1-3,6-7H2. The number of rotatable bonds is 2. The molecule has 1 fully saturated rings. The van der Waals surface area contributed by atoms with Crippen molar-refractivity contribution in [3.05, 3.63) is 27.8 Å². The number of benzene rings is 1. The fourth-order valence-corrected chi connectivity index (χ4v) is 2.52. The van der Waals surface area contributed by atoms with E-state index in [4.69, 9.17) is 9.47 Å². The third-order valence-corrected chi connectivity index (χ3v) is 3.44. The minimum absolute atomic E-state index is 0.00516. The van der Waals surface area contributed by atoms with E-state index in [0.29, 0.717) is 11.7 Å². The Morgan fingerprint density at radius 2 is 2.28 bits per heavy atom. The van der Waals surface area contributed by atoms with Gasteiger partial charge in [-0.1, -0.05) is 0 Å². The number of fused-ring (bicyclic) bond motifs is 1. The largest absolute Gasteiger partial charge is 0.453 e. The average Bonchev–Trinajstić information content (AvgIpc) is 2.86. The molecule has 0 aliphatic carbocycles. The van der Waals surface area contributed by atoms with E-state index in [1.807, 2.05) is 6.07 Å². The molecule has 0 radical (unpaired) electrons. The van der Waals surface area contributed by atoms with Crippen LogP contribution in [0.15, 0.2) is 12.1 Å². The summed E-state index contributed by atoms with van der Waals surface area (Å²) in [6.45, 7) is 1.93. The normalized spacial score (nSPS) is 21.9. The van der Waals surface area contributed by atoms with Crippen molar-refractivity contribution >= 4 is 5.69 Å². The first-order chi connectivity index (χ1) is 8.75. The Morgan fingerprint density at radius 1 is 1.39 bits per heavy atom. The predicted octanol–water partition coefficient (Wildman–Crippen LogP) is 1.79. The van der Waals surface area contributed by atoms with Crippen molar-refractivity contribution in [2.24, 2.45) is 0 Å². The summed E-state index contributed by atoms with van der Waals surface area (Å²) in [5.41, 5.74) is 0.962. The van der Waals surface area contributed by atoms with Gasteiger partial charge in [-0.2, -0.15) is 0 Å². The molecule has 1 aromatic carbocycles. The SMILES string of the molecule is O=[N+]([O-])c1cc(C2CCCNC2)cc2c1OCO2. The quantitative estimate of drug-likeness (QED) is 0.640. The number of nitrogens with one attached hydrogen (secondary N) is 1. The minimum Gasteiger partial charge on any atom is -0.453 e. The van der Waals surface area contributed by atoms with Gasteiger partial charge in [-0.3, -0.25) is 10.1 Å². The molecule has 1 saturated heterocycles. The van der Waals surface area contributed by atoms with Crippen molar-refractivity contribution in [2.75, 3.05) is 19.9 Å². The lowest BCUT2D eigenvalue weighted by atomic mass is 9.91. The molecule has 0 aromatic heterocycles. The summed E-state index contributed by atoms with van der Waals surface area (Å²) in [4.78, 5) is 10.6. The molecular weight excluding hydrogens is 236 g/mol. The number of hydrogen-bond donors (Lipinski definition) is 1. The molecule has 1 aromatic rings. The van der Waals surface area contributed by atoms with Crippen molar-refractivity contribution in [2.45, 2.75) is 18.8 Å². The molecule has 2 aliphatic rings. The van der Waals surface area contributed by atoms with E-state index in [-0.39, 0.29) is 18.2 Å². The van der Waals surface area contributed by atoms with Crippen LogP contribution in [0.25, 0.3) is 0 Å². The number of ether oxygens (including phenoxy) is 2. The summed E-state index contributed by atoms with van der Waals surface area (Å²) >= 11 is 0. The Bertz CT molecular complexity index is 483. The van der Waals surface area contributed by atoms with Gasteiger partial charge in [0.1, 0.15) is 0 Å². The molecule has 0 bridgehead atoms. The molecule has 0 saturated carbocycles. The first-order valence-electron chi connectivity index (χ1n) is 6.04. The maximum Gasteiger partial charge on any atom is 0.315 e. The van der Waals surface area contributed by atoms with Crippen LogP contribution in [0.3, 0.4) is 0 Å². The molecule has 1 unspecified atom stereocenters. The molecule has 2 heterocycles. The van der Waals surface area contributed by atoms with E-state index < -0.39 is 4.92 Å². The van der Waals surface area contributed by atoms with Crippen LogP contribution in [0.5, 0.6) is 11.5 Å². The highest BCUT2D eigenvalue weighted by molar-refractivity contribution is 5.59. The Balaban J connectivity index is 2.00. The van der Waals surface area contributed by atoms with E-state index in [9.17, 15) is 10.1 Å². The second-order valence-electron chi connectivity index (χ2n) is 4.57. The van der Waals surface area contributed by atoms with E-state index in [1.54, 1.807) is 6.07 Å². The van der Waals surface area contributed by atoms with E-state index in [2.05, 4.69) is 5.32 Å². The molecule has 1 N–H and O–H groups in total. The molecule has 3 rings (SSSR count). The fourth-order valence-electron chi connectivity index (χ4n) is 2.52. The Kier molecular flexibility index (Phi) is 2.79. The zero-order chi connectivity index (χ0) is 12.5. The van der Waals surface area contributed by atoms with Gasteiger partial charge in [-0.05, 0) is 36.9 Å². The van der Waals surface area contributed by atoms with Crippen LogP contribution >= 0.6 is 0 Å². The van der Waals surface area contributed by atoms with Gasteiger partial charge in [0.25, 0.3) is 0 Å². The van der Waals surface area contributed by atoms with Gasteiger partial charge in [0, 0.05) is 12.6 Å². The molecule has 0 spiro atoms. The lowest BCUT2D eigenvalue weighted by Gasteiger charge is -2.23. The van der Waals surface area contributed by atoms with Crippen LogP contribution in [-0.4, -0.2) is 24.8 Å². The smallest absolute Gasteiger partial charge is 0.315 e. The summed E-state index contributed by atoms with van der Waals surface area (Å²) in [7, 11) is 0. The van der Waals surface area contributed by atoms with Crippen molar-refractivity contribution in [1.29, 1.82) is 0 Å². The summed E-state index contributed by atoms with van der Waals surface area (Å²) < 4.78 is 10.4. The second kappa shape index (κ2) is 4.45. The number of nitro groups is 1. The van der Waals surface area contributed by atoms with Crippen LogP contribution in [0.4, 0.5) is 5.69 Å². The third-order valence-electron chi connectivity index (χ3n) is 3.44. The van der Waals surface area contributed by atoms with Gasteiger partial charge < -0.3 is 14.8 Å². The Hall–Kier alpha value is -1.82. The van der Waals surface area contributed by atoms with E-state index in [1.165, 1.54) is 0 Å². The van der Waals surface area contributed by atoms with Gasteiger partial charge >= 0.3 is 5.69 Å². The van der Waals surface area contributed by atoms with Gasteiger partial charge in [0.2, 0.25) is 12.5 Å². The summed E-state index contributed by atoms with van der Waals surface area (Å²) in [5, 5.41) is 14.4. The number of hydrogen-bond acceptors (Lipinski definition) is 5. The zero-order valence-corrected chi connectivity index (χ0v) is 9.85. The van der Waals surface area contributed by atoms with Crippen molar-refractivity contribution in [3.8, 4) is 11.5 Å². The van der Waals surface area contributed by atoms with Gasteiger partial charge in [0.05, 0.1) is 4.92 Å². The van der Waals surface area contributed by atoms with Crippen molar-refractivity contribution in [1.82, 2.24) is 5.32 Å². The van der Waals surface area contributed by atoms with E-state index in [0.717, 1.165) is 31.5 Å². The minimum atomic E-state index is -0.409. The van der Waals surface area contributed by atoms with Crippen LogP contribution < -0.4 is 14.8 Å². The highest BCUT2D eigenvalue weighted by Gasteiger charge is 2.29. The molecule has 6 nitrogen and oxygen atoms in total. The molecule has 6 heteroatoms. The van der Waals surface area contributed by atoms with Gasteiger partial charge in [-0.15, -0.1) is 0 Å².